The second kappa shape index (κ2) is 11.6. The number of carbonyl (C=O) groups excluding carboxylic acids is 1. The van der Waals surface area contributed by atoms with Crippen LogP contribution in [0.15, 0.2) is 0 Å². The Bertz CT molecular complexity index is 1050. The maximum atomic E-state index is 13.1. The summed E-state index contributed by atoms with van der Waals surface area (Å²) in [5.74, 6) is 1.98. The lowest BCUT2D eigenvalue weighted by Gasteiger charge is -2.72. The molecule has 5 aliphatic rings. The van der Waals surface area contributed by atoms with E-state index in [0.717, 1.165) is 37.1 Å². The molecule has 0 saturated heterocycles. The van der Waals surface area contributed by atoms with E-state index in [4.69, 9.17) is 4.74 Å². The summed E-state index contributed by atoms with van der Waals surface area (Å²) in [6.45, 7) is 21.0. The third kappa shape index (κ3) is 5.52. The molecule has 0 bridgehead atoms. The number of carboxylic acid groups (broad SMARTS) is 1. The van der Waals surface area contributed by atoms with E-state index in [0.29, 0.717) is 22.2 Å². The van der Waals surface area contributed by atoms with E-state index in [9.17, 15) is 14.7 Å². The Morgan fingerprint density at radius 2 is 1.58 bits per heavy atom. The van der Waals surface area contributed by atoms with E-state index in [1.807, 2.05) is 13.8 Å². The first kappa shape index (κ1) is 33.3. The largest absolute Gasteiger partial charge is 0.481 e. The number of nitrogens with one attached hydrogen (secondary N) is 1. The van der Waals surface area contributed by atoms with Gasteiger partial charge in [-0.1, -0.05) is 61.8 Å². The van der Waals surface area contributed by atoms with Crippen molar-refractivity contribution in [2.24, 2.45) is 56.2 Å². The summed E-state index contributed by atoms with van der Waals surface area (Å²) in [6, 6.07) is 0. The lowest BCUT2D eigenvalue weighted by Crippen LogP contribution is -2.66. The van der Waals surface area contributed by atoms with Gasteiger partial charge < -0.3 is 15.2 Å². The zero-order valence-corrected chi connectivity index (χ0v) is 29.1. The summed E-state index contributed by atoms with van der Waals surface area (Å²) >= 11 is 0. The molecule has 0 heterocycles. The van der Waals surface area contributed by atoms with Crippen LogP contribution in [0.4, 0.5) is 0 Å². The molecule has 0 aliphatic heterocycles. The van der Waals surface area contributed by atoms with Gasteiger partial charge in [0.1, 0.15) is 6.10 Å². The van der Waals surface area contributed by atoms with Crippen LogP contribution in [0.2, 0.25) is 0 Å². The molecule has 5 aliphatic carbocycles. The number of hydrogen-bond donors (Lipinski definition) is 2. The van der Waals surface area contributed by atoms with Crippen LogP contribution in [0.25, 0.3) is 0 Å². The lowest BCUT2D eigenvalue weighted by molar-refractivity contribution is -0.249. The predicted octanol–water partition coefficient (Wildman–Crippen LogP) is 9.03. The average Bonchev–Trinajstić information content (AvgIpc) is 3.32. The van der Waals surface area contributed by atoms with Crippen LogP contribution in [0.5, 0.6) is 0 Å². The smallest absolute Gasteiger partial charge is 0.306 e. The SMILES string of the molecule is CCNCCC[C@]12CCC[C@@H]1[C@H]1CCC3[C@@]4(C)CC[C@H](OC(=O)CC(C)(C)CC(=O)O)C(C)(C)C4CC[C@@]3(C)[C@]1(C)CC2. The number of hydrogen-bond acceptors (Lipinski definition) is 4. The standard InChI is InChI=1S/C38H65NO4/c1-9-39-23-11-18-38-17-10-12-27(38)26-13-14-29-35(6)19-16-30(43-32(42)25-33(2,3)24-31(40)41)34(4,5)28(35)15-20-37(29,8)36(26,7)21-22-38/h26-30,39H,9-25H2,1-8H3,(H,40,41)/t26-,27-,28?,29?,30+,35+,36-,37-,38+/m1/s1. The van der Waals surface area contributed by atoms with Gasteiger partial charge in [-0.05, 0) is 141 Å². The number of aliphatic carboxylic acids is 1. The maximum absolute atomic E-state index is 13.1. The minimum Gasteiger partial charge on any atom is -0.481 e. The van der Waals surface area contributed by atoms with Crippen molar-refractivity contribution in [3.8, 4) is 0 Å². The van der Waals surface area contributed by atoms with Crippen LogP contribution in [0.3, 0.4) is 0 Å². The van der Waals surface area contributed by atoms with E-state index < -0.39 is 11.4 Å². The monoisotopic (exact) mass is 599 g/mol. The van der Waals surface area contributed by atoms with Crippen molar-refractivity contribution in [1.82, 2.24) is 5.32 Å². The van der Waals surface area contributed by atoms with E-state index in [1.165, 1.54) is 77.2 Å². The third-order valence-electron chi connectivity index (χ3n) is 15.3. The first-order chi connectivity index (χ1) is 20.0. The number of fused-ring (bicyclic) bond motifs is 7. The average molecular weight is 600 g/mol. The minimum absolute atomic E-state index is 0.0189. The van der Waals surface area contributed by atoms with Crippen LogP contribution in [-0.4, -0.2) is 36.2 Å². The van der Waals surface area contributed by atoms with Crippen molar-refractivity contribution in [1.29, 1.82) is 0 Å². The molecule has 5 fully saturated rings. The van der Waals surface area contributed by atoms with Gasteiger partial charge in [-0.15, -0.1) is 0 Å². The summed E-state index contributed by atoms with van der Waals surface area (Å²) in [5, 5.41) is 12.9. The quantitative estimate of drug-likeness (QED) is 0.194. The van der Waals surface area contributed by atoms with Crippen LogP contribution in [0.1, 0.15) is 152 Å². The Morgan fingerprint density at radius 1 is 0.837 bits per heavy atom. The summed E-state index contributed by atoms with van der Waals surface area (Å²) in [5.41, 5.74) is 0.991. The van der Waals surface area contributed by atoms with Crippen molar-refractivity contribution in [2.45, 2.75) is 158 Å². The van der Waals surface area contributed by atoms with Crippen molar-refractivity contribution in [3.05, 3.63) is 0 Å². The summed E-state index contributed by atoms with van der Waals surface area (Å²) in [7, 11) is 0. The third-order valence-corrected chi connectivity index (χ3v) is 15.3. The molecule has 5 saturated carbocycles. The Labute approximate surface area is 263 Å². The molecule has 2 unspecified atom stereocenters. The van der Waals surface area contributed by atoms with E-state index in [-0.39, 0.29) is 35.7 Å². The van der Waals surface area contributed by atoms with Crippen molar-refractivity contribution >= 4 is 11.9 Å². The Kier molecular flexibility index (Phi) is 8.98. The van der Waals surface area contributed by atoms with E-state index in [1.54, 1.807) is 0 Å². The van der Waals surface area contributed by atoms with Gasteiger partial charge in [0.05, 0.1) is 12.8 Å². The Hall–Kier alpha value is -1.10. The van der Waals surface area contributed by atoms with Gasteiger partial charge in [0.2, 0.25) is 0 Å². The topological polar surface area (TPSA) is 75.6 Å². The summed E-state index contributed by atoms with van der Waals surface area (Å²) in [4.78, 5) is 24.4. The summed E-state index contributed by atoms with van der Waals surface area (Å²) in [6.07, 6.45) is 17.4. The van der Waals surface area contributed by atoms with Gasteiger partial charge in [-0.25, -0.2) is 0 Å². The Morgan fingerprint density at radius 3 is 2.28 bits per heavy atom. The van der Waals surface area contributed by atoms with Crippen LogP contribution < -0.4 is 5.32 Å². The number of ether oxygens (including phenoxy) is 1. The first-order valence-corrected chi connectivity index (χ1v) is 18.2. The fourth-order valence-corrected chi connectivity index (χ4v) is 13.1. The van der Waals surface area contributed by atoms with Gasteiger partial charge in [0, 0.05) is 5.41 Å². The molecule has 0 spiro atoms. The zero-order chi connectivity index (χ0) is 31.5. The minimum atomic E-state index is -0.860. The molecule has 43 heavy (non-hydrogen) atoms. The molecule has 0 aromatic rings. The second-order valence-electron chi connectivity index (χ2n) is 18.2. The molecular formula is C38H65NO4. The fourth-order valence-electron chi connectivity index (χ4n) is 13.1. The first-order valence-electron chi connectivity index (χ1n) is 18.2. The van der Waals surface area contributed by atoms with Crippen LogP contribution >= 0.6 is 0 Å². The lowest BCUT2D eigenvalue weighted by atomic mass is 9.32. The molecule has 2 N–H and O–H groups in total. The molecule has 0 radical (unpaired) electrons. The molecule has 0 aromatic carbocycles. The molecule has 5 rings (SSSR count). The van der Waals surface area contributed by atoms with Crippen LogP contribution in [-0.2, 0) is 14.3 Å². The number of carbonyl (C=O) groups is 2. The molecule has 0 amide bonds. The highest BCUT2D eigenvalue weighted by atomic mass is 16.5. The van der Waals surface area contributed by atoms with Gasteiger partial charge in [-0.3, -0.25) is 9.59 Å². The zero-order valence-electron chi connectivity index (χ0n) is 29.1. The Balaban J connectivity index is 1.32. The molecule has 5 heteroatoms. The molecular weight excluding hydrogens is 534 g/mol. The number of rotatable bonds is 10. The van der Waals surface area contributed by atoms with Crippen LogP contribution in [0, 0.1) is 56.2 Å². The molecule has 0 aromatic heterocycles. The fraction of sp³-hybridized carbons (Fsp3) is 0.947. The number of carboxylic acids is 1. The van der Waals surface area contributed by atoms with Crippen molar-refractivity contribution < 1.29 is 19.4 Å². The van der Waals surface area contributed by atoms with E-state index >= 15 is 0 Å². The van der Waals surface area contributed by atoms with Crippen molar-refractivity contribution in [2.75, 3.05) is 13.1 Å². The van der Waals surface area contributed by atoms with Gasteiger partial charge in [0.15, 0.2) is 0 Å². The highest BCUT2D eigenvalue weighted by Gasteiger charge is 2.70. The second-order valence-corrected chi connectivity index (χ2v) is 18.2. The highest BCUT2D eigenvalue weighted by molar-refractivity contribution is 5.73. The normalized spacial score (nSPS) is 43.6. The highest BCUT2D eigenvalue weighted by Crippen LogP contribution is 2.77. The van der Waals surface area contributed by atoms with Crippen molar-refractivity contribution in [3.63, 3.8) is 0 Å². The van der Waals surface area contributed by atoms with Gasteiger partial charge in [0.25, 0.3) is 0 Å². The summed E-state index contributed by atoms with van der Waals surface area (Å²) < 4.78 is 6.25. The molecule has 5 nitrogen and oxygen atoms in total. The van der Waals surface area contributed by atoms with E-state index in [2.05, 4.69) is 46.9 Å². The van der Waals surface area contributed by atoms with Gasteiger partial charge in [-0.2, -0.15) is 0 Å². The van der Waals surface area contributed by atoms with Gasteiger partial charge >= 0.3 is 11.9 Å². The maximum Gasteiger partial charge on any atom is 0.306 e. The number of esters is 1. The molecule has 9 atom stereocenters. The predicted molar refractivity (Wildman–Crippen MR) is 174 cm³/mol. The molecule has 246 valence electrons.